The smallest absolute Gasteiger partial charge is 0.335 e. The molecule has 0 unspecified atom stereocenters. The van der Waals surface area contributed by atoms with Crippen LogP contribution >= 0.6 is 0 Å². The summed E-state index contributed by atoms with van der Waals surface area (Å²) in [6.45, 7) is 3.42. The van der Waals surface area contributed by atoms with Gasteiger partial charge in [-0.3, -0.25) is 0 Å². The maximum atomic E-state index is 11.4. The van der Waals surface area contributed by atoms with Crippen LogP contribution in [0.4, 0.5) is 0 Å². The minimum atomic E-state index is -0.444. The molecule has 0 aromatic heterocycles. The molecule has 0 N–H and O–H groups in total. The number of hydrogen-bond donors (Lipinski definition) is 0. The molecule has 0 saturated carbocycles. The van der Waals surface area contributed by atoms with E-state index >= 15 is 0 Å². The average molecular weight is 248 g/mol. The SMILES string of the molecule is C=CC(=O)Oc1cc2ccccc2c2ccccc12. The summed E-state index contributed by atoms with van der Waals surface area (Å²) in [5.41, 5.74) is 0. The lowest BCUT2D eigenvalue weighted by Gasteiger charge is -2.09. The van der Waals surface area contributed by atoms with Crippen molar-refractivity contribution >= 4 is 27.5 Å². The van der Waals surface area contributed by atoms with Gasteiger partial charge >= 0.3 is 5.97 Å². The minimum absolute atomic E-state index is 0.444. The molecule has 0 radical (unpaired) electrons. The molecule has 3 rings (SSSR count). The highest BCUT2D eigenvalue weighted by atomic mass is 16.5. The van der Waals surface area contributed by atoms with Gasteiger partial charge in [0.1, 0.15) is 5.75 Å². The van der Waals surface area contributed by atoms with Crippen LogP contribution in [-0.2, 0) is 4.79 Å². The van der Waals surface area contributed by atoms with Gasteiger partial charge in [-0.15, -0.1) is 0 Å². The molecule has 0 spiro atoms. The van der Waals surface area contributed by atoms with Gasteiger partial charge in [0.15, 0.2) is 0 Å². The monoisotopic (exact) mass is 248 g/mol. The summed E-state index contributed by atoms with van der Waals surface area (Å²) in [7, 11) is 0. The molecule has 0 fully saturated rings. The number of esters is 1. The van der Waals surface area contributed by atoms with Crippen LogP contribution in [0.1, 0.15) is 0 Å². The second-order valence-corrected chi connectivity index (χ2v) is 4.27. The Hall–Kier alpha value is -2.61. The van der Waals surface area contributed by atoms with Crippen molar-refractivity contribution in [1.82, 2.24) is 0 Å². The van der Waals surface area contributed by atoms with Gasteiger partial charge in [0.25, 0.3) is 0 Å². The number of ether oxygens (including phenoxy) is 1. The summed E-state index contributed by atoms with van der Waals surface area (Å²) >= 11 is 0. The zero-order valence-corrected chi connectivity index (χ0v) is 10.3. The second-order valence-electron chi connectivity index (χ2n) is 4.27. The number of fused-ring (bicyclic) bond motifs is 3. The van der Waals surface area contributed by atoms with E-state index in [-0.39, 0.29) is 0 Å². The van der Waals surface area contributed by atoms with E-state index in [0.29, 0.717) is 5.75 Å². The van der Waals surface area contributed by atoms with Gasteiger partial charge in [-0.25, -0.2) is 4.79 Å². The van der Waals surface area contributed by atoms with E-state index < -0.39 is 5.97 Å². The topological polar surface area (TPSA) is 26.3 Å². The summed E-state index contributed by atoms with van der Waals surface area (Å²) in [5.74, 6) is 0.125. The highest BCUT2D eigenvalue weighted by Crippen LogP contribution is 2.33. The first-order chi connectivity index (χ1) is 9.29. The lowest BCUT2D eigenvalue weighted by atomic mass is 10.0. The Morgan fingerprint density at radius 3 is 2.32 bits per heavy atom. The van der Waals surface area contributed by atoms with Crippen molar-refractivity contribution in [2.75, 3.05) is 0 Å². The van der Waals surface area contributed by atoms with Crippen LogP contribution in [0.25, 0.3) is 21.5 Å². The molecule has 0 bridgehead atoms. The van der Waals surface area contributed by atoms with Crippen LogP contribution in [0.15, 0.2) is 67.3 Å². The predicted molar refractivity (Wildman–Crippen MR) is 77.3 cm³/mol. The van der Waals surface area contributed by atoms with Crippen LogP contribution in [0.2, 0.25) is 0 Å². The highest BCUT2D eigenvalue weighted by Gasteiger charge is 2.08. The molecule has 3 aromatic carbocycles. The minimum Gasteiger partial charge on any atom is -0.423 e. The van der Waals surface area contributed by atoms with Crippen LogP contribution in [0.5, 0.6) is 5.75 Å². The summed E-state index contributed by atoms with van der Waals surface area (Å²) in [6, 6.07) is 17.8. The van der Waals surface area contributed by atoms with Crippen molar-refractivity contribution in [3.8, 4) is 5.75 Å². The fraction of sp³-hybridized carbons (Fsp3) is 0. The molecule has 19 heavy (non-hydrogen) atoms. The first-order valence-corrected chi connectivity index (χ1v) is 6.04. The molecule has 0 aliphatic carbocycles. The Morgan fingerprint density at radius 2 is 1.58 bits per heavy atom. The Bertz CT molecular complexity index is 787. The standard InChI is InChI=1S/C17H12O2/c1-2-17(18)19-16-11-12-7-3-4-8-13(12)14-9-5-6-10-15(14)16/h2-11H,1H2. The number of benzene rings is 3. The summed E-state index contributed by atoms with van der Waals surface area (Å²) in [5, 5.41) is 4.20. The molecular weight excluding hydrogens is 236 g/mol. The fourth-order valence-electron chi connectivity index (χ4n) is 2.25. The third-order valence-corrected chi connectivity index (χ3v) is 3.11. The second kappa shape index (κ2) is 4.58. The number of carbonyl (C=O) groups is 1. The highest BCUT2D eigenvalue weighted by molar-refractivity contribution is 6.10. The number of hydrogen-bond acceptors (Lipinski definition) is 2. The van der Waals surface area contributed by atoms with E-state index in [0.717, 1.165) is 21.5 Å². The van der Waals surface area contributed by atoms with Gasteiger partial charge in [0.05, 0.1) is 0 Å². The van der Waals surface area contributed by atoms with Crippen LogP contribution < -0.4 is 4.74 Å². The lowest BCUT2D eigenvalue weighted by molar-refractivity contribution is -0.128. The summed E-state index contributed by atoms with van der Waals surface area (Å²) in [6.07, 6.45) is 1.17. The van der Waals surface area contributed by atoms with Crippen molar-refractivity contribution in [3.63, 3.8) is 0 Å². The van der Waals surface area contributed by atoms with Gasteiger partial charge in [0, 0.05) is 11.5 Å². The first-order valence-electron chi connectivity index (χ1n) is 6.04. The molecule has 0 saturated heterocycles. The van der Waals surface area contributed by atoms with Crippen molar-refractivity contribution in [3.05, 3.63) is 67.3 Å². The molecule has 0 aliphatic heterocycles. The third kappa shape index (κ3) is 1.97. The molecular formula is C17H12O2. The molecule has 0 atom stereocenters. The van der Waals surface area contributed by atoms with Gasteiger partial charge in [0.2, 0.25) is 0 Å². The van der Waals surface area contributed by atoms with Crippen molar-refractivity contribution in [2.45, 2.75) is 0 Å². The summed E-state index contributed by atoms with van der Waals surface area (Å²) in [4.78, 5) is 11.4. The van der Waals surface area contributed by atoms with Crippen molar-refractivity contribution in [2.24, 2.45) is 0 Å². The van der Waals surface area contributed by atoms with E-state index in [1.165, 1.54) is 6.08 Å². The molecule has 2 heteroatoms. The van der Waals surface area contributed by atoms with E-state index in [2.05, 4.69) is 12.6 Å². The first kappa shape index (κ1) is 11.5. The van der Waals surface area contributed by atoms with Crippen molar-refractivity contribution in [1.29, 1.82) is 0 Å². The van der Waals surface area contributed by atoms with Crippen LogP contribution in [0, 0.1) is 0 Å². The zero-order valence-electron chi connectivity index (χ0n) is 10.3. The Labute approximate surface area is 110 Å². The van der Waals surface area contributed by atoms with Crippen LogP contribution in [-0.4, -0.2) is 5.97 Å². The fourth-order valence-corrected chi connectivity index (χ4v) is 2.25. The Kier molecular flexibility index (Phi) is 2.76. The van der Waals surface area contributed by atoms with E-state index in [1.807, 2.05) is 48.5 Å². The summed E-state index contributed by atoms with van der Waals surface area (Å²) < 4.78 is 5.33. The number of carbonyl (C=O) groups excluding carboxylic acids is 1. The molecule has 0 amide bonds. The molecule has 2 nitrogen and oxygen atoms in total. The third-order valence-electron chi connectivity index (χ3n) is 3.11. The van der Waals surface area contributed by atoms with E-state index in [9.17, 15) is 4.79 Å². The zero-order chi connectivity index (χ0) is 13.2. The Morgan fingerprint density at radius 1 is 0.947 bits per heavy atom. The lowest BCUT2D eigenvalue weighted by Crippen LogP contribution is -2.03. The van der Waals surface area contributed by atoms with Crippen LogP contribution in [0.3, 0.4) is 0 Å². The van der Waals surface area contributed by atoms with Crippen molar-refractivity contribution < 1.29 is 9.53 Å². The van der Waals surface area contributed by atoms with Gasteiger partial charge in [-0.2, -0.15) is 0 Å². The molecule has 3 aromatic rings. The Balaban J connectivity index is 2.35. The van der Waals surface area contributed by atoms with E-state index in [4.69, 9.17) is 4.74 Å². The van der Waals surface area contributed by atoms with Gasteiger partial charge < -0.3 is 4.74 Å². The van der Waals surface area contributed by atoms with Gasteiger partial charge in [-0.1, -0.05) is 55.1 Å². The van der Waals surface area contributed by atoms with Gasteiger partial charge in [-0.05, 0) is 22.2 Å². The van der Waals surface area contributed by atoms with E-state index in [1.54, 1.807) is 0 Å². The predicted octanol–water partition coefficient (Wildman–Crippen LogP) is 4.08. The number of rotatable bonds is 2. The quantitative estimate of drug-likeness (QED) is 0.295. The maximum Gasteiger partial charge on any atom is 0.335 e. The molecule has 92 valence electrons. The molecule has 0 aliphatic rings. The molecule has 0 heterocycles. The largest absolute Gasteiger partial charge is 0.423 e. The maximum absolute atomic E-state index is 11.4. The normalized spacial score (nSPS) is 10.5. The average Bonchev–Trinajstić information content (AvgIpc) is 2.47.